The number of rotatable bonds is 2. The summed E-state index contributed by atoms with van der Waals surface area (Å²) in [5.41, 5.74) is -0.974. The number of β-amino-alcohol motifs (C(OH)–C–C–N with tert-alkyl or cyclic N) is 1. The Morgan fingerprint density at radius 3 is 2.40 bits per heavy atom. The van der Waals surface area contributed by atoms with Gasteiger partial charge in [0.25, 0.3) is 5.91 Å². The van der Waals surface area contributed by atoms with E-state index in [1.807, 2.05) is 4.90 Å². The molecule has 0 saturated carbocycles. The van der Waals surface area contributed by atoms with Gasteiger partial charge >= 0.3 is 0 Å². The lowest BCUT2D eigenvalue weighted by Crippen LogP contribution is -2.61. The molecule has 0 aromatic heterocycles. The fraction of sp³-hybridized carbons (Fsp3) is 0.556. The Morgan fingerprint density at radius 2 is 1.76 bits per heavy atom. The molecular formula is C18H24FN3O3. The Hall–Kier alpha value is -2.15. The molecule has 0 bridgehead atoms. The monoisotopic (exact) mass is 349 g/mol. The second-order valence-electron chi connectivity index (χ2n) is 6.81. The van der Waals surface area contributed by atoms with Crippen molar-refractivity contribution < 1.29 is 19.1 Å². The molecule has 1 aromatic rings. The summed E-state index contributed by atoms with van der Waals surface area (Å²) in [6, 6.07) is 6.59. The van der Waals surface area contributed by atoms with Gasteiger partial charge in [0.15, 0.2) is 5.60 Å². The number of carbonyl (C=O) groups excluding carboxylic acids is 2. The van der Waals surface area contributed by atoms with Crippen LogP contribution in [0.1, 0.15) is 19.8 Å². The van der Waals surface area contributed by atoms with E-state index in [9.17, 15) is 19.1 Å². The van der Waals surface area contributed by atoms with Crippen molar-refractivity contribution in [2.75, 3.05) is 44.2 Å². The first-order chi connectivity index (χ1) is 11.9. The van der Waals surface area contributed by atoms with Crippen LogP contribution in [0.25, 0.3) is 0 Å². The first-order valence-corrected chi connectivity index (χ1v) is 8.67. The Labute approximate surface area is 146 Å². The molecule has 0 radical (unpaired) electrons. The summed E-state index contributed by atoms with van der Waals surface area (Å²) in [5.74, 6) is -0.729. The van der Waals surface area contributed by atoms with E-state index < -0.39 is 5.60 Å². The maximum absolute atomic E-state index is 13.9. The van der Waals surface area contributed by atoms with Crippen molar-refractivity contribution >= 4 is 17.5 Å². The maximum atomic E-state index is 13.9. The van der Waals surface area contributed by atoms with Crippen molar-refractivity contribution in [3.05, 3.63) is 30.1 Å². The van der Waals surface area contributed by atoms with Gasteiger partial charge in [0.2, 0.25) is 5.91 Å². The van der Waals surface area contributed by atoms with Gasteiger partial charge in [-0.05, 0) is 25.0 Å². The summed E-state index contributed by atoms with van der Waals surface area (Å²) >= 11 is 0. The maximum Gasteiger partial charge on any atom is 0.256 e. The lowest BCUT2D eigenvalue weighted by Gasteiger charge is -2.43. The van der Waals surface area contributed by atoms with Crippen molar-refractivity contribution in [2.24, 2.45) is 0 Å². The van der Waals surface area contributed by atoms with Crippen LogP contribution >= 0.6 is 0 Å². The molecule has 2 aliphatic heterocycles. The number of para-hydroxylation sites is 1. The highest BCUT2D eigenvalue weighted by Crippen LogP contribution is 2.26. The Morgan fingerprint density at radius 1 is 1.08 bits per heavy atom. The van der Waals surface area contributed by atoms with E-state index in [0.717, 1.165) is 0 Å². The number of halogens is 1. The van der Waals surface area contributed by atoms with E-state index in [2.05, 4.69) is 0 Å². The molecule has 2 amide bonds. The standard InChI is InChI=1S/C18H24FN3O3/c1-14(23)22-8-4-7-18(25,13-22)17(24)21-11-9-20(10-12-21)16-6-3-2-5-15(16)19/h2-3,5-6,25H,4,7-13H2,1H3/t18-/m1/s1. The van der Waals surface area contributed by atoms with Gasteiger partial charge in [-0.15, -0.1) is 0 Å². The van der Waals surface area contributed by atoms with Crippen molar-refractivity contribution in [2.45, 2.75) is 25.4 Å². The lowest BCUT2D eigenvalue weighted by molar-refractivity contribution is -0.160. The Kier molecular flexibility index (Phi) is 4.94. The average molecular weight is 349 g/mol. The van der Waals surface area contributed by atoms with Gasteiger partial charge in [-0.1, -0.05) is 12.1 Å². The van der Waals surface area contributed by atoms with Crippen molar-refractivity contribution in [3.63, 3.8) is 0 Å². The second kappa shape index (κ2) is 7.00. The van der Waals surface area contributed by atoms with Gasteiger partial charge < -0.3 is 19.8 Å². The Bertz CT molecular complexity index is 661. The predicted octanol–water partition coefficient (Wildman–Crippen LogP) is 0.848. The number of amides is 2. The zero-order valence-electron chi connectivity index (χ0n) is 14.4. The predicted molar refractivity (Wildman–Crippen MR) is 91.6 cm³/mol. The quantitative estimate of drug-likeness (QED) is 0.860. The Balaban J connectivity index is 1.63. The van der Waals surface area contributed by atoms with Crippen LogP contribution in [-0.4, -0.2) is 71.6 Å². The third-order valence-electron chi connectivity index (χ3n) is 5.07. The van der Waals surface area contributed by atoms with Crippen molar-refractivity contribution in [3.8, 4) is 0 Å². The lowest BCUT2D eigenvalue weighted by atomic mass is 9.91. The number of anilines is 1. The van der Waals surface area contributed by atoms with Crippen LogP contribution in [0.3, 0.4) is 0 Å². The summed E-state index contributed by atoms with van der Waals surface area (Å²) in [6.07, 6.45) is 0.972. The number of nitrogens with zero attached hydrogens (tertiary/aromatic N) is 3. The summed E-state index contributed by atoms with van der Waals surface area (Å²) in [5, 5.41) is 10.8. The molecule has 1 atom stereocenters. The first kappa shape index (κ1) is 17.7. The fourth-order valence-electron chi connectivity index (χ4n) is 3.63. The minimum atomic E-state index is -1.51. The van der Waals surface area contributed by atoms with Gasteiger partial charge in [-0.3, -0.25) is 9.59 Å². The van der Waals surface area contributed by atoms with E-state index in [0.29, 0.717) is 51.3 Å². The molecule has 2 heterocycles. The number of benzene rings is 1. The van der Waals surface area contributed by atoms with E-state index in [1.165, 1.54) is 17.9 Å². The number of piperidine rings is 1. The van der Waals surface area contributed by atoms with Crippen LogP contribution in [0, 0.1) is 5.82 Å². The van der Waals surface area contributed by atoms with Crippen LogP contribution < -0.4 is 4.90 Å². The second-order valence-corrected chi connectivity index (χ2v) is 6.81. The van der Waals surface area contributed by atoms with Crippen LogP contribution in [0.2, 0.25) is 0 Å². The summed E-state index contributed by atoms with van der Waals surface area (Å²) in [6.45, 7) is 3.95. The normalized spacial score (nSPS) is 24.4. The molecule has 136 valence electrons. The van der Waals surface area contributed by atoms with Crippen LogP contribution in [0.4, 0.5) is 10.1 Å². The smallest absolute Gasteiger partial charge is 0.256 e. The fourth-order valence-corrected chi connectivity index (χ4v) is 3.63. The number of hydrogen-bond acceptors (Lipinski definition) is 4. The summed E-state index contributed by atoms with van der Waals surface area (Å²) < 4.78 is 13.9. The average Bonchev–Trinajstić information content (AvgIpc) is 2.62. The molecule has 1 N–H and O–H groups in total. The zero-order valence-corrected chi connectivity index (χ0v) is 14.4. The van der Waals surface area contributed by atoms with E-state index in [1.54, 1.807) is 23.1 Å². The van der Waals surface area contributed by atoms with E-state index in [-0.39, 0.29) is 24.2 Å². The van der Waals surface area contributed by atoms with Gasteiger partial charge in [-0.2, -0.15) is 0 Å². The number of likely N-dealkylation sites (tertiary alicyclic amines) is 1. The third kappa shape index (κ3) is 3.61. The summed E-state index contributed by atoms with van der Waals surface area (Å²) in [7, 11) is 0. The third-order valence-corrected chi connectivity index (χ3v) is 5.07. The van der Waals surface area contributed by atoms with E-state index >= 15 is 0 Å². The van der Waals surface area contributed by atoms with Gasteiger partial charge in [0.1, 0.15) is 5.82 Å². The largest absolute Gasteiger partial charge is 0.378 e. The number of aliphatic hydroxyl groups is 1. The molecule has 0 aliphatic carbocycles. The minimum absolute atomic E-state index is 0.0503. The molecule has 3 rings (SSSR count). The number of carbonyl (C=O) groups is 2. The molecule has 1 aromatic carbocycles. The van der Waals surface area contributed by atoms with Gasteiger partial charge in [0, 0.05) is 39.6 Å². The molecule has 2 saturated heterocycles. The number of piperazine rings is 1. The minimum Gasteiger partial charge on any atom is -0.378 e. The molecule has 2 fully saturated rings. The highest BCUT2D eigenvalue weighted by Gasteiger charge is 2.44. The van der Waals surface area contributed by atoms with Crippen LogP contribution in [-0.2, 0) is 9.59 Å². The molecule has 2 aliphatic rings. The van der Waals surface area contributed by atoms with Crippen LogP contribution in [0.15, 0.2) is 24.3 Å². The van der Waals surface area contributed by atoms with Crippen molar-refractivity contribution in [1.82, 2.24) is 9.80 Å². The summed E-state index contributed by atoms with van der Waals surface area (Å²) in [4.78, 5) is 29.4. The van der Waals surface area contributed by atoms with Gasteiger partial charge in [0.05, 0.1) is 12.2 Å². The van der Waals surface area contributed by atoms with Crippen molar-refractivity contribution in [1.29, 1.82) is 0 Å². The molecule has 0 spiro atoms. The topological polar surface area (TPSA) is 64.1 Å². The molecule has 25 heavy (non-hydrogen) atoms. The first-order valence-electron chi connectivity index (χ1n) is 8.67. The van der Waals surface area contributed by atoms with E-state index in [4.69, 9.17) is 0 Å². The number of hydrogen-bond donors (Lipinski definition) is 1. The molecule has 7 heteroatoms. The van der Waals surface area contributed by atoms with Gasteiger partial charge in [-0.25, -0.2) is 4.39 Å². The molecule has 6 nitrogen and oxygen atoms in total. The molecular weight excluding hydrogens is 325 g/mol. The molecule has 0 unspecified atom stereocenters. The highest BCUT2D eigenvalue weighted by molar-refractivity contribution is 5.86. The van der Waals surface area contributed by atoms with Crippen LogP contribution in [0.5, 0.6) is 0 Å². The highest BCUT2D eigenvalue weighted by atomic mass is 19.1. The zero-order chi connectivity index (χ0) is 18.0. The SMILES string of the molecule is CC(=O)N1CCC[C@](O)(C(=O)N2CCN(c3ccccc3F)CC2)C1.